The fraction of sp³-hybridized carbons (Fsp3) is 0.556. The number of Topliss-reactive ketones (excluding diaryl/α,β-unsaturated/α-hetero) is 1. The van der Waals surface area contributed by atoms with Gasteiger partial charge in [-0.15, -0.1) is 0 Å². The molecule has 1 aromatic carbocycles. The zero-order valence-electron chi connectivity index (χ0n) is 14.2. The van der Waals surface area contributed by atoms with Crippen LogP contribution in [0.4, 0.5) is 4.79 Å². The van der Waals surface area contributed by atoms with E-state index in [1.165, 1.54) is 0 Å². The summed E-state index contributed by atoms with van der Waals surface area (Å²) in [5.41, 5.74) is 0.0259. The number of carbonyl (C=O) groups is 2. The van der Waals surface area contributed by atoms with Crippen LogP contribution < -0.4 is 5.32 Å². The van der Waals surface area contributed by atoms with E-state index in [1.54, 1.807) is 26.8 Å². The van der Waals surface area contributed by atoms with Crippen molar-refractivity contribution in [3.8, 4) is 0 Å². The Morgan fingerprint density at radius 2 is 1.96 bits per heavy atom. The lowest BCUT2D eigenvalue weighted by Crippen LogP contribution is -2.54. The normalized spacial score (nSPS) is 21.9. The van der Waals surface area contributed by atoms with Gasteiger partial charge >= 0.3 is 6.09 Å². The number of amides is 1. The SMILES string of the molecule is Cc1cc(Cl)cc(C2(NC(=O)OC(C)(C)C)CCCCC2=O)c1. The lowest BCUT2D eigenvalue weighted by molar-refractivity contribution is -0.128. The number of nitrogens with one attached hydrogen (secondary N) is 1. The highest BCUT2D eigenvalue weighted by Gasteiger charge is 2.43. The van der Waals surface area contributed by atoms with E-state index < -0.39 is 17.2 Å². The van der Waals surface area contributed by atoms with Crippen molar-refractivity contribution in [1.29, 1.82) is 0 Å². The molecule has 1 aliphatic rings. The minimum atomic E-state index is -1.05. The maximum atomic E-state index is 12.7. The number of ether oxygens (including phenoxy) is 1. The fourth-order valence-electron chi connectivity index (χ4n) is 3.00. The molecule has 0 aromatic heterocycles. The fourth-order valence-corrected chi connectivity index (χ4v) is 3.29. The monoisotopic (exact) mass is 337 g/mol. The first kappa shape index (κ1) is 17.8. The number of ketones is 1. The molecule has 0 heterocycles. The van der Waals surface area contributed by atoms with Crippen molar-refractivity contribution in [1.82, 2.24) is 5.32 Å². The Hall–Kier alpha value is -1.55. The lowest BCUT2D eigenvalue weighted by atomic mass is 9.75. The number of halogens is 1. The van der Waals surface area contributed by atoms with Gasteiger partial charge in [0, 0.05) is 11.4 Å². The van der Waals surface area contributed by atoms with Crippen LogP contribution in [-0.2, 0) is 15.1 Å². The molecule has 1 atom stereocenters. The third-order valence-electron chi connectivity index (χ3n) is 3.93. The second kappa shape index (κ2) is 6.52. The molecular weight excluding hydrogens is 314 g/mol. The van der Waals surface area contributed by atoms with Crippen molar-refractivity contribution in [2.45, 2.75) is 64.5 Å². The second-order valence-electron chi connectivity index (χ2n) is 7.18. The number of hydrogen-bond donors (Lipinski definition) is 1. The summed E-state index contributed by atoms with van der Waals surface area (Å²) in [6.07, 6.45) is 2.14. The molecule has 0 spiro atoms. The van der Waals surface area contributed by atoms with E-state index in [4.69, 9.17) is 16.3 Å². The minimum absolute atomic E-state index is 0.0104. The molecule has 126 valence electrons. The molecule has 23 heavy (non-hydrogen) atoms. The predicted octanol–water partition coefficient (Wildman–Crippen LogP) is 4.51. The van der Waals surface area contributed by atoms with Gasteiger partial charge in [0.1, 0.15) is 11.1 Å². The Bertz CT molecular complexity index is 601. The summed E-state index contributed by atoms with van der Waals surface area (Å²) >= 11 is 6.17. The van der Waals surface area contributed by atoms with Crippen molar-refractivity contribution in [2.24, 2.45) is 0 Å². The zero-order chi connectivity index (χ0) is 17.3. The molecule has 1 aromatic rings. The molecule has 0 radical (unpaired) electrons. The van der Waals surface area contributed by atoms with Gasteiger partial charge in [-0.25, -0.2) is 4.79 Å². The maximum absolute atomic E-state index is 12.7. The second-order valence-corrected chi connectivity index (χ2v) is 7.62. The maximum Gasteiger partial charge on any atom is 0.408 e. The van der Waals surface area contributed by atoms with Crippen molar-refractivity contribution >= 4 is 23.5 Å². The molecule has 1 aliphatic carbocycles. The Balaban J connectivity index is 2.40. The van der Waals surface area contributed by atoms with E-state index in [9.17, 15) is 9.59 Å². The average molecular weight is 338 g/mol. The minimum Gasteiger partial charge on any atom is -0.444 e. The quantitative estimate of drug-likeness (QED) is 0.863. The molecule has 0 bridgehead atoms. The predicted molar refractivity (Wildman–Crippen MR) is 90.7 cm³/mol. The number of alkyl carbamates (subject to hydrolysis) is 1. The number of rotatable bonds is 2. The molecule has 1 unspecified atom stereocenters. The van der Waals surface area contributed by atoms with E-state index in [-0.39, 0.29) is 5.78 Å². The van der Waals surface area contributed by atoms with Gasteiger partial charge in [-0.1, -0.05) is 17.7 Å². The van der Waals surface area contributed by atoms with Crippen LogP contribution in [0.2, 0.25) is 5.02 Å². The van der Waals surface area contributed by atoms with Crippen molar-refractivity contribution < 1.29 is 14.3 Å². The first-order chi connectivity index (χ1) is 10.6. The van der Waals surface area contributed by atoms with Crippen molar-refractivity contribution in [3.05, 3.63) is 34.3 Å². The molecular formula is C18H24ClNO3. The molecule has 5 heteroatoms. The van der Waals surface area contributed by atoms with Gasteiger partial charge in [0.2, 0.25) is 0 Å². The van der Waals surface area contributed by atoms with Crippen LogP contribution in [0.25, 0.3) is 0 Å². The highest BCUT2D eigenvalue weighted by molar-refractivity contribution is 6.30. The molecule has 1 saturated carbocycles. The van der Waals surface area contributed by atoms with Gasteiger partial charge in [0.15, 0.2) is 5.78 Å². The number of carbonyl (C=O) groups excluding carboxylic acids is 2. The van der Waals surface area contributed by atoms with Gasteiger partial charge in [-0.3, -0.25) is 4.79 Å². The molecule has 4 nitrogen and oxygen atoms in total. The van der Waals surface area contributed by atoms with Gasteiger partial charge in [0.25, 0.3) is 0 Å². The first-order valence-electron chi connectivity index (χ1n) is 7.94. The highest BCUT2D eigenvalue weighted by atomic mass is 35.5. The van der Waals surface area contributed by atoms with Crippen LogP contribution in [0, 0.1) is 6.92 Å². The summed E-state index contributed by atoms with van der Waals surface area (Å²) in [5.74, 6) is 0.0104. The Morgan fingerprint density at radius 3 is 2.52 bits per heavy atom. The van der Waals surface area contributed by atoms with Crippen LogP contribution in [0.5, 0.6) is 0 Å². The van der Waals surface area contributed by atoms with Crippen molar-refractivity contribution in [3.63, 3.8) is 0 Å². The summed E-state index contributed by atoms with van der Waals surface area (Å²) in [6, 6.07) is 5.50. The average Bonchev–Trinajstić information content (AvgIpc) is 2.38. The van der Waals surface area contributed by atoms with Gasteiger partial charge < -0.3 is 10.1 Å². The molecule has 1 fully saturated rings. The van der Waals surface area contributed by atoms with Crippen LogP contribution in [0.1, 0.15) is 57.6 Å². The van der Waals surface area contributed by atoms with Crippen molar-refractivity contribution in [2.75, 3.05) is 0 Å². The first-order valence-corrected chi connectivity index (χ1v) is 8.32. The van der Waals surface area contributed by atoms with E-state index in [2.05, 4.69) is 5.32 Å². The summed E-state index contributed by atoms with van der Waals surface area (Å²) in [5, 5.41) is 3.40. The Morgan fingerprint density at radius 1 is 1.26 bits per heavy atom. The van der Waals surface area contributed by atoms with Gasteiger partial charge in [0.05, 0.1) is 0 Å². The summed E-state index contributed by atoms with van der Waals surface area (Å²) in [7, 11) is 0. The van der Waals surface area contributed by atoms with E-state index in [0.29, 0.717) is 17.9 Å². The Labute approximate surface area is 142 Å². The summed E-state index contributed by atoms with van der Waals surface area (Å²) in [4.78, 5) is 25.0. The Kier molecular flexibility index (Phi) is 5.04. The molecule has 0 aliphatic heterocycles. The molecule has 1 amide bonds. The smallest absolute Gasteiger partial charge is 0.408 e. The standard InChI is InChI=1S/C18H24ClNO3/c1-12-9-13(11-14(19)10-12)18(8-6-5-7-15(18)21)20-16(22)23-17(2,3)4/h9-11H,5-8H2,1-4H3,(H,20,22). The number of benzene rings is 1. The zero-order valence-corrected chi connectivity index (χ0v) is 14.9. The third-order valence-corrected chi connectivity index (χ3v) is 4.15. The molecule has 1 N–H and O–H groups in total. The van der Waals surface area contributed by atoms with Gasteiger partial charge in [-0.2, -0.15) is 0 Å². The lowest BCUT2D eigenvalue weighted by Gasteiger charge is -2.37. The van der Waals surface area contributed by atoms with Crippen LogP contribution in [0.3, 0.4) is 0 Å². The molecule has 2 rings (SSSR count). The third kappa shape index (κ3) is 4.25. The number of hydrogen-bond acceptors (Lipinski definition) is 3. The largest absolute Gasteiger partial charge is 0.444 e. The van der Waals surface area contributed by atoms with Crippen LogP contribution in [0.15, 0.2) is 18.2 Å². The van der Waals surface area contributed by atoms with Crippen LogP contribution in [-0.4, -0.2) is 17.5 Å². The van der Waals surface area contributed by atoms with E-state index in [0.717, 1.165) is 24.0 Å². The summed E-state index contributed by atoms with van der Waals surface area (Å²) < 4.78 is 5.36. The summed E-state index contributed by atoms with van der Waals surface area (Å²) in [6.45, 7) is 7.31. The van der Waals surface area contributed by atoms with Crippen LogP contribution >= 0.6 is 11.6 Å². The highest BCUT2D eigenvalue weighted by Crippen LogP contribution is 2.36. The van der Waals surface area contributed by atoms with Gasteiger partial charge in [-0.05, 0) is 70.2 Å². The van der Waals surface area contributed by atoms with E-state index >= 15 is 0 Å². The van der Waals surface area contributed by atoms with E-state index in [1.807, 2.05) is 19.1 Å². The molecule has 0 saturated heterocycles. The number of aryl methyl sites for hydroxylation is 1. The topological polar surface area (TPSA) is 55.4 Å².